The Kier molecular flexibility index (Phi) is 6.43. The van der Waals surface area contributed by atoms with Gasteiger partial charge in [0.05, 0.1) is 11.3 Å². The summed E-state index contributed by atoms with van der Waals surface area (Å²) in [6.07, 6.45) is -0.0270. The molecular formula is C21H18FN3O4S. The van der Waals surface area contributed by atoms with Crippen LogP contribution in [0.4, 0.5) is 10.1 Å². The van der Waals surface area contributed by atoms with Crippen molar-refractivity contribution >= 4 is 27.5 Å². The summed E-state index contributed by atoms with van der Waals surface area (Å²) in [5.41, 5.74) is 5.65. The number of nitrogens with one attached hydrogen (secondary N) is 3. The van der Waals surface area contributed by atoms with E-state index in [-0.39, 0.29) is 22.6 Å². The summed E-state index contributed by atoms with van der Waals surface area (Å²) in [4.78, 5) is 24.2. The lowest BCUT2D eigenvalue weighted by Crippen LogP contribution is -2.42. The van der Waals surface area contributed by atoms with E-state index in [2.05, 4.69) is 15.6 Å². The summed E-state index contributed by atoms with van der Waals surface area (Å²) in [7, 11) is -3.73. The minimum Gasteiger partial charge on any atom is -0.280 e. The van der Waals surface area contributed by atoms with Gasteiger partial charge in [-0.3, -0.25) is 25.2 Å². The minimum atomic E-state index is -3.73. The van der Waals surface area contributed by atoms with Crippen molar-refractivity contribution in [2.75, 3.05) is 4.72 Å². The molecule has 3 N–H and O–H groups in total. The predicted molar refractivity (Wildman–Crippen MR) is 109 cm³/mol. The smallest absolute Gasteiger partial charge is 0.269 e. The fraction of sp³-hybridized carbons (Fsp3) is 0.0476. The van der Waals surface area contributed by atoms with Gasteiger partial charge in [0, 0.05) is 11.3 Å². The number of hydrogen-bond acceptors (Lipinski definition) is 4. The first-order chi connectivity index (χ1) is 14.3. The van der Waals surface area contributed by atoms with Crippen LogP contribution in [0.15, 0.2) is 83.8 Å². The van der Waals surface area contributed by atoms with Crippen LogP contribution in [0.25, 0.3) is 0 Å². The lowest BCUT2D eigenvalue weighted by molar-refractivity contribution is -0.121. The van der Waals surface area contributed by atoms with Crippen molar-refractivity contribution in [3.05, 3.63) is 95.8 Å². The molecule has 0 bridgehead atoms. The van der Waals surface area contributed by atoms with E-state index >= 15 is 0 Å². The van der Waals surface area contributed by atoms with Gasteiger partial charge in [-0.05, 0) is 54.1 Å². The van der Waals surface area contributed by atoms with Gasteiger partial charge < -0.3 is 0 Å². The first kappa shape index (κ1) is 21.0. The van der Waals surface area contributed by atoms with Crippen molar-refractivity contribution in [1.82, 2.24) is 10.9 Å². The Labute approximate surface area is 173 Å². The zero-order valence-corrected chi connectivity index (χ0v) is 16.4. The van der Waals surface area contributed by atoms with Crippen LogP contribution in [-0.2, 0) is 21.2 Å². The number of halogens is 1. The molecule has 0 fully saturated rings. The standard InChI is InChI=1S/C21H18FN3O4S/c22-17-10-6-15(7-11-17)14-20(26)23-24-21(27)16-8-12-18(13-9-16)25-30(28,29)19-4-2-1-3-5-19/h1-13,25H,14H2,(H,23,26)(H,24,27). The van der Waals surface area contributed by atoms with E-state index in [1.165, 1.54) is 60.7 Å². The average molecular weight is 427 g/mol. The third-order valence-corrected chi connectivity index (χ3v) is 5.44. The highest BCUT2D eigenvalue weighted by molar-refractivity contribution is 7.92. The number of amides is 2. The molecule has 0 aliphatic carbocycles. The molecular weight excluding hydrogens is 409 g/mol. The SMILES string of the molecule is O=C(Cc1ccc(F)cc1)NNC(=O)c1ccc(NS(=O)(=O)c2ccccc2)cc1. The van der Waals surface area contributed by atoms with Crippen molar-refractivity contribution in [3.63, 3.8) is 0 Å². The maximum atomic E-state index is 12.9. The second-order valence-electron chi connectivity index (χ2n) is 6.30. The highest BCUT2D eigenvalue weighted by Gasteiger charge is 2.14. The zero-order valence-electron chi connectivity index (χ0n) is 15.6. The molecule has 2 amide bonds. The van der Waals surface area contributed by atoms with Crippen LogP contribution >= 0.6 is 0 Å². The lowest BCUT2D eigenvalue weighted by Gasteiger charge is -2.10. The molecule has 0 radical (unpaired) electrons. The number of benzene rings is 3. The van der Waals surface area contributed by atoms with Crippen LogP contribution in [0.5, 0.6) is 0 Å². The van der Waals surface area contributed by atoms with E-state index < -0.39 is 27.7 Å². The Morgan fingerprint density at radius 3 is 2.07 bits per heavy atom. The minimum absolute atomic E-state index is 0.0270. The zero-order chi connectivity index (χ0) is 21.6. The Balaban J connectivity index is 1.54. The van der Waals surface area contributed by atoms with Gasteiger partial charge in [0.15, 0.2) is 0 Å². The maximum Gasteiger partial charge on any atom is 0.269 e. The molecule has 154 valence electrons. The van der Waals surface area contributed by atoms with Gasteiger partial charge in [-0.2, -0.15) is 0 Å². The van der Waals surface area contributed by atoms with Crippen molar-refractivity contribution < 1.29 is 22.4 Å². The fourth-order valence-corrected chi connectivity index (χ4v) is 3.61. The van der Waals surface area contributed by atoms with E-state index in [9.17, 15) is 22.4 Å². The number of hydrazine groups is 1. The molecule has 0 aliphatic rings. The highest BCUT2D eigenvalue weighted by Crippen LogP contribution is 2.16. The molecule has 0 spiro atoms. The number of carbonyl (C=O) groups excluding carboxylic acids is 2. The number of sulfonamides is 1. The predicted octanol–water partition coefficient (Wildman–Crippen LogP) is 2.63. The summed E-state index contributed by atoms with van der Waals surface area (Å²) in [6, 6.07) is 19.1. The third kappa shape index (κ3) is 5.65. The highest BCUT2D eigenvalue weighted by atomic mass is 32.2. The van der Waals surface area contributed by atoms with Gasteiger partial charge in [0.1, 0.15) is 5.82 Å². The van der Waals surface area contributed by atoms with Crippen LogP contribution in [0, 0.1) is 5.82 Å². The Morgan fingerprint density at radius 1 is 0.800 bits per heavy atom. The van der Waals surface area contributed by atoms with E-state index in [4.69, 9.17) is 0 Å². The van der Waals surface area contributed by atoms with Crippen molar-refractivity contribution in [2.24, 2.45) is 0 Å². The summed E-state index contributed by atoms with van der Waals surface area (Å²) >= 11 is 0. The summed E-state index contributed by atoms with van der Waals surface area (Å²) in [6.45, 7) is 0. The molecule has 30 heavy (non-hydrogen) atoms. The summed E-state index contributed by atoms with van der Waals surface area (Å²) in [5.74, 6) is -1.44. The molecule has 0 saturated heterocycles. The first-order valence-electron chi connectivity index (χ1n) is 8.85. The molecule has 3 aromatic rings. The molecule has 3 rings (SSSR count). The second kappa shape index (κ2) is 9.19. The van der Waals surface area contributed by atoms with Crippen LogP contribution in [0.2, 0.25) is 0 Å². The van der Waals surface area contributed by atoms with Crippen LogP contribution in [0.1, 0.15) is 15.9 Å². The Bertz CT molecular complexity index is 1130. The van der Waals surface area contributed by atoms with Crippen molar-refractivity contribution in [3.8, 4) is 0 Å². The Morgan fingerprint density at radius 2 is 1.43 bits per heavy atom. The molecule has 3 aromatic carbocycles. The fourth-order valence-electron chi connectivity index (χ4n) is 2.53. The van der Waals surface area contributed by atoms with Crippen molar-refractivity contribution in [1.29, 1.82) is 0 Å². The van der Waals surface area contributed by atoms with E-state index in [0.29, 0.717) is 5.56 Å². The van der Waals surface area contributed by atoms with Gasteiger partial charge >= 0.3 is 0 Å². The topological polar surface area (TPSA) is 104 Å². The number of hydrogen-bond donors (Lipinski definition) is 3. The summed E-state index contributed by atoms with van der Waals surface area (Å²) < 4.78 is 39.9. The van der Waals surface area contributed by atoms with Gasteiger partial charge in [-0.15, -0.1) is 0 Å². The molecule has 0 saturated carbocycles. The van der Waals surface area contributed by atoms with Gasteiger partial charge in [-0.25, -0.2) is 12.8 Å². The number of rotatable bonds is 6. The average Bonchev–Trinajstić information content (AvgIpc) is 2.74. The van der Waals surface area contributed by atoms with Gasteiger partial charge in [-0.1, -0.05) is 30.3 Å². The molecule has 0 aliphatic heterocycles. The Hall–Kier alpha value is -3.72. The third-order valence-electron chi connectivity index (χ3n) is 4.05. The van der Waals surface area contributed by atoms with Crippen LogP contribution in [0.3, 0.4) is 0 Å². The van der Waals surface area contributed by atoms with Crippen molar-refractivity contribution in [2.45, 2.75) is 11.3 Å². The van der Waals surface area contributed by atoms with Crippen LogP contribution in [-0.4, -0.2) is 20.2 Å². The number of carbonyl (C=O) groups is 2. The molecule has 0 atom stereocenters. The lowest BCUT2D eigenvalue weighted by atomic mass is 10.1. The maximum absolute atomic E-state index is 12.9. The van der Waals surface area contributed by atoms with Gasteiger partial charge in [0.2, 0.25) is 5.91 Å². The monoisotopic (exact) mass is 427 g/mol. The number of anilines is 1. The summed E-state index contributed by atoms with van der Waals surface area (Å²) in [5, 5.41) is 0. The van der Waals surface area contributed by atoms with Crippen LogP contribution < -0.4 is 15.6 Å². The van der Waals surface area contributed by atoms with E-state index in [1.54, 1.807) is 18.2 Å². The van der Waals surface area contributed by atoms with E-state index in [1.807, 2.05) is 0 Å². The molecule has 0 unspecified atom stereocenters. The van der Waals surface area contributed by atoms with E-state index in [0.717, 1.165) is 0 Å². The molecule has 7 nitrogen and oxygen atoms in total. The molecule has 9 heteroatoms. The van der Waals surface area contributed by atoms with Gasteiger partial charge in [0.25, 0.3) is 15.9 Å². The normalized spacial score (nSPS) is 10.8. The second-order valence-corrected chi connectivity index (χ2v) is 7.98. The quantitative estimate of drug-likeness (QED) is 0.526. The molecule has 0 aromatic heterocycles. The largest absolute Gasteiger partial charge is 0.280 e. The first-order valence-corrected chi connectivity index (χ1v) is 10.3. The molecule has 0 heterocycles.